The number of anilines is 2. The second-order valence-electron chi connectivity index (χ2n) is 6.05. The summed E-state index contributed by atoms with van der Waals surface area (Å²) in [6, 6.07) is 15.1. The Morgan fingerprint density at radius 2 is 1.93 bits per heavy atom. The number of rotatable bonds is 6. The van der Waals surface area contributed by atoms with E-state index in [1.165, 1.54) is 0 Å². The summed E-state index contributed by atoms with van der Waals surface area (Å²) in [5, 5.41) is 6.62. The molecular formula is C21H20ClN3O2. The third-order valence-electron chi connectivity index (χ3n) is 4.14. The Bertz CT molecular complexity index is 960. The number of halogens is 1. The third-order valence-corrected chi connectivity index (χ3v) is 4.44. The molecule has 0 atom stereocenters. The lowest BCUT2D eigenvalue weighted by atomic mass is 10.1. The molecule has 2 aromatic carbocycles. The van der Waals surface area contributed by atoms with Gasteiger partial charge in [-0.05, 0) is 42.3 Å². The van der Waals surface area contributed by atoms with Gasteiger partial charge in [0.15, 0.2) is 0 Å². The van der Waals surface area contributed by atoms with Gasteiger partial charge >= 0.3 is 0 Å². The van der Waals surface area contributed by atoms with E-state index in [4.69, 9.17) is 16.3 Å². The molecule has 0 aliphatic carbocycles. The number of nitrogens with one attached hydrogen (secondary N) is 2. The first kappa shape index (κ1) is 18.7. The van der Waals surface area contributed by atoms with Crippen LogP contribution in [0.3, 0.4) is 0 Å². The molecule has 0 aliphatic rings. The second kappa shape index (κ2) is 8.56. The lowest BCUT2D eigenvalue weighted by Gasteiger charge is -2.11. The fourth-order valence-electron chi connectivity index (χ4n) is 2.63. The predicted molar refractivity (Wildman–Crippen MR) is 108 cm³/mol. The van der Waals surface area contributed by atoms with E-state index in [1.54, 1.807) is 37.7 Å². The normalized spacial score (nSPS) is 10.3. The van der Waals surface area contributed by atoms with E-state index in [-0.39, 0.29) is 5.91 Å². The Balaban J connectivity index is 1.68. The molecule has 1 heterocycles. The molecule has 1 amide bonds. The Morgan fingerprint density at radius 3 is 2.67 bits per heavy atom. The smallest absolute Gasteiger partial charge is 0.253 e. The Kier molecular flexibility index (Phi) is 5.94. The van der Waals surface area contributed by atoms with Gasteiger partial charge in [-0.15, -0.1) is 0 Å². The minimum atomic E-state index is -0.179. The number of carbonyl (C=O) groups excluding carboxylic acids is 1. The zero-order valence-corrected chi connectivity index (χ0v) is 15.9. The fraction of sp³-hybridized carbons (Fsp3) is 0.143. The molecule has 0 unspecified atom stereocenters. The predicted octanol–water partition coefficient (Wildman–Crippen LogP) is 4.73. The van der Waals surface area contributed by atoms with E-state index >= 15 is 0 Å². The Morgan fingerprint density at radius 1 is 1.11 bits per heavy atom. The van der Waals surface area contributed by atoms with Crippen molar-refractivity contribution in [1.29, 1.82) is 0 Å². The van der Waals surface area contributed by atoms with Crippen molar-refractivity contribution in [1.82, 2.24) is 10.3 Å². The van der Waals surface area contributed by atoms with Crippen LogP contribution in [0.2, 0.25) is 5.02 Å². The van der Waals surface area contributed by atoms with Gasteiger partial charge in [-0.3, -0.25) is 9.78 Å². The summed E-state index contributed by atoms with van der Waals surface area (Å²) in [6.45, 7) is 2.49. The lowest BCUT2D eigenvalue weighted by molar-refractivity contribution is 0.0950. The average molecular weight is 382 g/mol. The maximum Gasteiger partial charge on any atom is 0.253 e. The largest absolute Gasteiger partial charge is 0.495 e. The maximum atomic E-state index is 12.5. The Hall–Kier alpha value is -3.05. The number of benzene rings is 2. The van der Waals surface area contributed by atoms with Gasteiger partial charge < -0.3 is 15.4 Å². The summed E-state index contributed by atoms with van der Waals surface area (Å²) >= 11 is 6.14. The van der Waals surface area contributed by atoms with Crippen molar-refractivity contribution in [2.45, 2.75) is 13.5 Å². The molecule has 138 valence electrons. The van der Waals surface area contributed by atoms with E-state index in [1.807, 2.05) is 37.3 Å². The van der Waals surface area contributed by atoms with Crippen molar-refractivity contribution in [3.63, 3.8) is 0 Å². The first-order valence-electron chi connectivity index (χ1n) is 8.45. The highest BCUT2D eigenvalue weighted by atomic mass is 35.5. The van der Waals surface area contributed by atoms with Gasteiger partial charge in [0.25, 0.3) is 5.91 Å². The Labute approximate surface area is 163 Å². The molecule has 0 bridgehead atoms. The molecule has 0 fully saturated rings. The number of nitrogens with zero attached hydrogens (tertiary/aromatic N) is 1. The number of amides is 1. The number of aryl methyl sites for hydroxylation is 1. The highest BCUT2D eigenvalue weighted by Gasteiger charge is 2.09. The van der Waals surface area contributed by atoms with Crippen LogP contribution >= 0.6 is 11.6 Å². The minimum Gasteiger partial charge on any atom is -0.495 e. The van der Waals surface area contributed by atoms with Crippen LogP contribution in [0.25, 0.3) is 0 Å². The summed E-state index contributed by atoms with van der Waals surface area (Å²) in [6.07, 6.45) is 3.19. The minimum absolute atomic E-state index is 0.179. The second-order valence-corrected chi connectivity index (χ2v) is 6.45. The SMILES string of the molecule is COc1ccc(Nc2cncc(C(=O)NCc3ccccc3C)c2)cc1Cl. The van der Waals surface area contributed by atoms with Crippen molar-refractivity contribution >= 4 is 28.9 Å². The summed E-state index contributed by atoms with van der Waals surface area (Å²) in [5.41, 5.74) is 4.18. The van der Waals surface area contributed by atoms with Crippen molar-refractivity contribution < 1.29 is 9.53 Å². The van der Waals surface area contributed by atoms with E-state index in [2.05, 4.69) is 15.6 Å². The highest BCUT2D eigenvalue weighted by molar-refractivity contribution is 6.32. The van der Waals surface area contributed by atoms with Crippen LogP contribution in [0.4, 0.5) is 11.4 Å². The monoisotopic (exact) mass is 381 g/mol. The van der Waals surface area contributed by atoms with Crippen LogP contribution in [0.1, 0.15) is 21.5 Å². The van der Waals surface area contributed by atoms with Crippen LogP contribution in [0.15, 0.2) is 60.9 Å². The molecule has 3 aromatic rings. The molecule has 2 N–H and O–H groups in total. The van der Waals surface area contributed by atoms with Crippen molar-refractivity contribution in [2.75, 3.05) is 12.4 Å². The highest BCUT2D eigenvalue weighted by Crippen LogP contribution is 2.28. The topological polar surface area (TPSA) is 63.2 Å². The van der Waals surface area contributed by atoms with Gasteiger partial charge in [0.05, 0.1) is 29.6 Å². The third kappa shape index (κ3) is 4.77. The van der Waals surface area contributed by atoms with Crippen LogP contribution in [-0.4, -0.2) is 18.0 Å². The van der Waals surface area contributed by atoms with Gasteiger partial charge in [-0.2, -0.15) is 0 Å². The molecule has 27 heavy (non-hydrogen) atoms. The summed E-state index contributed by atoms with van der Waals surface area (Å²) < 4.78 is 5.15. The molecule has 0 spiro atoms. The van der Waals surface area contributed by atoms with E-state index in [9.17, 15) is 4.79 Å². The fourth-order valence-corrected chi connectivity index (χ4v) is 2.89. The van der Waals surface area contributed by atoms with Crippen LogP contribution in [0, 0.1) is 6.92 Å². The molecule has 0 saturated heterocycles. The summed E-state index contributed by atoms with van der Waals surface area (Å²) in [5.74, 6) is 0.423. The van der Waals surface area contributed by atoms with E-state index in [0.717, 1.165) is 16.8 Å². The van der Waals surface area contributed by atoms with Crippen molar-refractivity contribution in [2.24, 2.45) is 0 Å². The molecular weight excluding hydrogens is 362 g/mol. The number of hydrogen-bond donors (Lipinski definition) is 2. The van der Waals surface area contributed by atoms with Crippen LogP contribution in [-0.2, 0) is 6.54 Å². The number of hydrogen-bond acceptors (Lipinski definition) is 4. The lowest BCUT2D eigenvalue weighted by Crippen LogP contribution is -2.23. The molecule has 0 saturated carbocycles. The number of pyridine rings is 1. The first-order valence-corrected chi connectivity index (χ1v) is 8.83. The van der Waals surface area contributed by atoms with Gasteiger partial charge in [-0.25, -0.2) is 0 Å². The number of aromatic nitrogens is 1. The maximum absolute atomic E-state index is 12.5. The van der Waals surface area contributed by atoms with E-state index in [0.29, 0.717) is 28.6 Å². The zero-order chi connectivity index (χ0) is 19.2. The van der Waals surface area contributed by atoms with Crippen LogP contribution in [0.5, 0.6) is 5.75 Å². The molecule has 3 rings (SSSR count). The first-order chi connectivity index (χ1) is 13.1. The zero-order valence-electron chi connectivity index (χ0n) is 15.1. The molecule has 5 nitrogen and oxygen atoms in total. The standard InChI is InChI=1S/C21H20ClN3O2/c1-14-5-3-4-6-15(14)12-24-21(26)16-9-18(13-23-11-16)25-17-7-8-20(27-2)19(22)10-17/h3-11,13,25H,12H2,1-2H3,(H,24,26). The van der Waals surface area contributed by atoms with Crippen LogP contribution < -0.4 is 15.4 Å². The summed E-state index contributed by atoms with van der Waals surface area (Å²) in [4.78, 5) is 16.6. The van der Waals surface area contributed by atoms with Gasteiger partial charge in [-0.1, -0.05) is 35.9 Å². The number of ether oxygens (including phenoxy) is 1. The number of methoxy groups -OCH3 is 1. The van der Waals surface area contributed by atoms with Gasteiger partial charge in [0, 0.05) is 18.4 Å². The molecule has 0 radical (unpaired) electrons. The van der Waals surface area contributed by atoms with E-state index < -0.39 is 0 Å². The number of carbonyl (C=O) groups is 1. The molecule has 0 aliphatic heterocycles. The van der Waals surface area contributed by atoms with Crippen molar-refractivity contribution in [3.05, 3.63) is 82.6 Å². The quantitative estimate of drug-likeness (QED) is 0.648. The molecule has 1 aromatic heterocycles. The van der Waals surface area contributed by atoms with Gasteiger partial charge in [0.2, 0.25) is 0 Å². The summed E-state index contributed by atoms with van der Waals surface area (Å²) in [7, 11) is 1.57. The van der Waals surface area contributed by atoms with Crippen molar-refractivity contribution in [3.8, 4) is 5.75 Å². The average Bonchev–Trinajstić information content (AvgIpc) is 2.67. The molecule has 6 heteroatoms. The van der Waals surface area contributed by atoms with Gasteiger partial charge in [0.1, 0.15) is 5.75 Å².